The van der Waals surface area contributed by atoms with Crippen molar-refractivity contribution >= 4 is 11.7 Å². The predicted octanol–water partition coefficient (Wildman–Crippen LogP) is 2.55. The van der Waals surface area contributed by atoms with Gasteiger partial charge in [-0.1, -0.05) is 38.3 Å². The molecule has 0 heterocycles. The molecular formula is C13H20N2O2. The number of anilines is 1. The van der Waals surface area contributed by atoms with E-state index in [9.17, 15) is 4.79 Å². The van der Waals surface area contributed by atoms with E-state index in [1.807, 2.05) is 0 Å². The van der Waals surface area contributed by atoms with Crippen LogP contribution < -0.4 is 11.5 Å². The van der Waals surface area contributed by atoms with Crippen LogP contribution in [0.1, 0.15) is 54.6 Å². The van der Waals surface area contributed by atoms with Crippen molar-refractivity contribution in [1.82, 2.24) is 0 Å². The number of nitrogens with two attached hydrogens (primary N) is 2. The fraction of sp³-hybridized carbons (Fsp3) is 0.462. The van der Waals surface area contributed by atoms with Crippen LogP contribution in [0.25, 0.3) is 0 Å². The highest BCUT2D eigenvalue weighted by molar-refractivity contribution is 5.95. The first-order valence-electron chi connectivity index (χ1n) is 5.95. The van der Waals surface area contributed by atoms with E-state index in [0.717, 1.165) is 25.7 Å². The molecule has 1 unspecified atom stereocenters. The van der Waals surface area contributed by atoms with Crippen LogP contribution >= 0.6 is 0 Å². The van der Waals surface area contributed by atoms with Gasteiger partial charge in [0.25, 0.3) is 0 Å². The van der Waals surface area contributed by atoms with Gasteiger partial charge in [0.2, 0.25) is 0 Å². The number of hydrogen-bond acceptors (Lipinski definition) is 3. The lowest BCUT2D eigenvalue weighted by molar-refractivity contribution is 0.0696. The monoisotopic (exact) mass is 236 g/mol. The fourth-order valence-corrected chi connectivity index (χ4v) is 1.91. The van der Waals surface area contributed by atoms with E-state index in [1.165, 1.54) is 0 Å². The number of rotatable bonds is 6. The zero-order valence-corrected chi connectivity index (χ0v) is 10.1. The highest BCUT2D eigenvalue weighted by Crippen LogP contribution is 2.25. The number of carboxylic acids is 1. The minimum Gasteiger partial charge on any atom is -0.478 e. The number of unbranched alkanes of at least 4 members (excludes halogenated alkanes) is 2. The van der Waals surface area contributed by atoms with Crippen LogP contribution in [0.15, 0.2) is 18.2 Å². The molecule has 1 aromatic rings. The molecule has 0 spiro atoms. The summed E-state index contributed by atoms with van der Waals surface area (Å²) in [6, 6.07) is 4.83. The van der Waals surface area contributed by atoms with Gasteiger partial charge in [-0.2, -0.15) is 0 Å². The summed E-state index contributed by atoms with van der Waals surface area (Å²) in [4.78, 5) is 11.1. The van der Waals surface area contributed by atoms with E-state index >= 15 is 0 Å². The molecular weight excluding hydrogens is 216 g/mol. The number of carboxylic acid groups (broad SMARTS) is 1. The summed E-state index contributed by atoms with van der Waals surface area (Å²) in [5.41, 5.74) is 12.8. The highest BCUT2D eigenvalue weighted by Gasteiger charge is 2.18. The molecule has 0 fully saturated rings. The molecule has 0 amide bonds. The zero-order chi connectivity index (χ0) is 12.8. The molecule has 1 aromatic carbocycles. The molecule has 0 aromatic heterocycles. The van der Waals surface area contributed by atoms with Crippen LogP contribution in [-0.4, -0.2) is 11.1 Å². The molecule has 0 radical (unpaired) electrons. The van der Waals surface area contributed by atoms with Gasteiger partial charge in [-0.25, -0.2) is 4.79 Å². The predicted molar refractivity (Wildman–Crippen MR) is 68.9 cm³/mol. The summed E-state index contributed by atoms with van der Waals surface area (Å²) in [7, 11) is 0. The van der Waals surface area contributed by atoms with Crippen molar-refractivity contribution in [2.75, 3.05) is 5.73 Å². The van der Waals surface area contributed by atoms with Gasteiger partial charge >= 0.3 is 5.97 Å². The SMILES string of the molecule is CCCCCC(N)c1cccc(N)c1C(=O)O. The Bertz CT molecular complexity index is 391. The third-order valence-electron chi connectivity index (χ3n) is 2.86. The lowest BCUT2D eigenvalue weighted by Crippen LogP contribution is -2.16. The topological polar surface area (TPSA) is 89.3 Å². The van der Waals surface area contributed by atoms with Gasteiger partial charge in [0.15, 0.2) is 0 Å². The van der Waals surface area contributed by atoms with Crippen LogP contribution in [0.4, 0.5) is 5.69 Å². The molecule has 0 aliphatic heterocycles. The van der Waals surface area contributed by atoms with Gasteiger partial charge in [0.1, 0.15) is 0 Å². The number of aromatic carboxylic acids is 1. The third-order valence-corrected chi connectivity index (χ3v) is 2.86. The zero-order valence-electron chi connectivity index (χ0n) is 10.1. The molecule has 0 aliphatic rings. The summed E-state index contributed by atoms with van der Waals surface area (Å²) in [5.74, 6) is -1.01. The van der Waals surface area contributed by atoms with Crippen LogP contribution in [0, 0.1) is 0 Å². The van der Waals surface area contributed by atoms with Crippen molar-refractivity contribution in [3.8, 4) is 0 Å². The standard InChI is InChI=1S/C13H20N2O2/c1-2-3-4-7-10(14)9-6-5-8-11(15)12(9)13(16)17/h5-6,8,10H,2-4,7,14-15H2,1H3,(H,16,17). The van der Waals surface area contributed by atoms with Gasteiger partial charge in [-0.3, -0.25) is 0 Å². The second-order valence-electron chi connectivity index (χ2n) is 4.22. The molecule has 0 aliphatic carbocycles. The Morgan fingerprint density at radius 1 is 1.41 bits per heavy atom. The van der Waals surface area contributed by atoms with Crippen LogP contribution in [-0.2, 0) is 0 Å². The average Bonchev–Trinajstić information content (AvgIpc) is 2.28. The van der Waals surface area contributed by atoms with E-state index in [0.29, 0.717) is 5.56 Å². The normalized spacial score (nSPS) is 12.4. The number of carbonyl (C=O) groups is 1. The lowest BCUT2D eigenvalue weighted by Gasteiger charge is -2.15. The molecule has 0 bridgehead atoms. The van der Waals surface area contributed by atoms with Crippen molar-refractivity contribution in [1.29, 1.82) is 0 Å². The second kappa shape index (κ2) is 6.25. The maximum absolute atomic E-state index is 11.1. The second-order valence-corrected chi connectivity index (χ2v) is 4.22. The summed E-state index contributed by atoms with van der Waals surface area (Å²) >= 11 is 0. The molecule has 4 heteroatoms. The van der Waals surface area contributed by atoms with E-state index < -0.39 is 5.97 Å². The maximum atomic E-state index is 11.1. The molecule has 1 rings (SSSR count). The van der Waals surface area contributed by atoms with Gasteiger partial charge in [0.05, 0.1) is 5.56 Å². The van der Waals surface area contributed by atoms with E-state index in [-0.39, 0.29) is 17.3 Å². The Hall–Kier alpha value is -1.55. The molecule has 0 saturated heterocycles. The smallest absolute Gasteiger partial charge is 0.338 e. The quantitative estimate of drug-likeness (QED) is 0.523. The Labute approximate surface area is 102 Å². The largest absolute Gasteiger partial charge is 0.478 e. The van der Waals surface area contributed by atoms with Gasteiger partial charge in [0, 0.05) is 11.7 Å². The van der Waals surface area contributed by atoms with Crippen molar-refractivity contribution < 1.29 is 9.90 Å². The van der Waals surface area contributed by atoms with Crippen LogP contribution in [0.2, 0.25) is 0 Å². The van der Waals surface area contributed by atoms with Crippen molar-refractivity contribution in [3.63, 3.8) is 0 Å². The number of benzene rings is 1. The molecule has 0 saturated carbocycles. The van der Waals surface area contributed by atoms with Gasteiger partial charge in [-0.15, -0.1) is 0 Å². The summed E-state index contributed by atoms with van der Waals surface area (Å²) in [5, 5.41) is 9.13. The molecule has 1 atom stereocenters. The van der Waals surface area contributed by atoms with E-state index in [1.54, 1.807) is 18.2 Å². The Balaban J connectivity index is 2.89. The van der Waals surface area contributed by atoms with Crippen LogP contribution in [0.5, 0.6) is 0 Å². The van der Waals surface area contributed by atoms with Crippen molar-refractivity contribution in [2.45, 2.75) is 38.6 Å². The number of hydrogen-bond donors (Lipinski definition) is 3. The van der Waals surface area contributed by atoms with E-state index in [2.05, 4.69) is 6.92 Å². The lowest BCUT2D eigenvalue weighted by atomic mass is 9.95. The Morgan fingerprint density at radius 2 is 2.12 bits per heavy atom. The van der Waals surface area contributed by atoms with Gasteiger partial charge < -0.3 is 16.6 Å². The molecule has 94 valence electrons. The third kappa shape index (κ3) is 3.46. The first-order valence-corrected chi connectivity index (χ1v) is 5.95. The highest BCUT2D eigenvalue weighted by atomic mass is 16.4. The summed E-state index contributed by atoms with van der Waals surface area (Å²) < 4.78 is 0. The summed E-state index contributed by atoms with van der Waals surface area (Å²) in [6.07, 6.45) is 4.02. The van der Waals surface area contributed by atoms with Crippen LogP contribution in [0.3, 0.4) is 0 Å². The summed E-state index contributed by atoms with van der Waals surface area (Å²) in [6.45, 7) is 2.12. The average molecular weight is 236 g/mol. The first-order chi connectivity index (χ1) is 8.07. The minimum absolute atomic E-state index is 0.150. The molecule has 5 N–H and O–H groups in total. The maximum Gasteiger partial charge on any atom is 0.338 e. The van der Waals surface area contributed by atoms with E-state index in [4.69, 9.17) is 16.6 Å². The van der Waals surface area contributed by atoms with Crippen molar-refractivity contribution in [3.05, 3.63) is 29.3 Å². The molecule has 17 heavy (non-hydrogen) atoms. The molecule has 4 nitrogen and oxygen atoms in total. The Kier molecular flexibility index (Phi) is 4.97. The van der Waals surface area contributed by atoms with Gasteiger partial charge in [-0.05, 0) is 18.1 Å². The first kappa shape index (κ1) is 13.5. The van der Waals surface area contributed by atoms with Crippen molar-refractivity contribution in [2.24, 2.45) is 5.73 Å². The number of nitrogen functional groups attached to an aromatic ring is 1. The Morgan fingerprint density at radius 3 is 2.71 bits per heavy atom. The fourth-order valence-electron chi connectivity index (χ4n) is 1.91. The minimum atomic E-state index is -1.01.